The van der Waals surface area contributed by atoms with E-state index < -0.39 is 0 Å². The Morgan fingerprint density at radius 3 is 2.09 bits per heavy atom. The molecule has 1 unspecified atom stereocenters. The van der Waals surface area contributed by atoms with Gasteiger partial charge >= 0.3 is 0 Å². The van der Waals surface area contributed by atoms with Crippen molar-refractivity contribution in [1.82, 2.24) is 0 Å². The molecule has 2 aromatic rings. The summed E-state index contributed by atoms with van der Waals surface area (Å²) < 4.78 is 0. The van der Waals surface area contributed by atoms with Gasteiger partial charge in [0.05, 0.1) is 0 Å². The molecule has 2 aromatic carbocycles. The molecule has 0 amide bonds. The highest BCUT2D eigenvalue weighted by atomic mass is 16.1. The topological polar surface area (TPSA) is 17.1 Å². The molecule has 124 valence electrons. The van der Waals surface area contributed by atoms with E-state index >= 15 is 0 Å². The van der Waals surface area contributed by atoms with Crippen LogP contribution in [0.5, 0.6) is 0 Å². The Bertz CT molecular complexity index is 683. The first kappa shape index (κ1) is 17.7. The van der Waals surface area contributed by atoms with Crippen molar-refractivity contribution < 1.29 is 4.79 Å². The molecular formula is C22H30O. The van der Waals surface area contributed by atoms with Crippen LogP contribution in [0.2, 0.25) is 0 Å². The molecule has 0 radical (unpaired) electrons. The van der Waals surface area contributed by atoms with E-state index in [1.807, 2.05) is 20.8 Å². The van der Waals surface area contributed by atoms with Crippen LogP contribution in [0.3, 0.4) is 0 Å². The average Bonchev–Trinajstić information content (AvgIpc) is 2.43. The van der Waals surface area contributed by atoms with Crippen molar-refractivity contribution in [3.8, 4) is 0 Å². The van der Waals surface area contributed by atoms with Crippen LogP contribution < -0.4 is 0 Å². The smallest absolute Gasteiger partial charge is 0.141 e. The SMILES string of the molecule is CC(C)(C)CC(Cc1ccc2ccccc2c1)C(=O)C(C)(C)C. The molecule has 23 heavy (non-hydrogen) atoms. The van der Waals surface area contributed by atoms with Crippen LogP contribution in [0, 0.1) is 16.7 Å². The monoisotopic (exact) mass is 310 g/mol. The van der Waals surface area contributed by atoms with Gasteiger partial charge in [-0.25, -0.2) is 0 Å². The van der Waals surface area contributed by atoms with Gasteiger partial charge in [-0.2, -0.15) is 0 Å². The van der Waals surface area contributed by atoms with E-state index in [2.05, 4.69) is 63.2 Å². The first-order chi connectivity index (χ1) is 10.6. The van der Waals surface area contributed by atoms with E-state index in [4.69, 9.17) is 0 Å². The van der Waals surface area contributed by atoms with Crippen molar-refractivity contribution in [2.75, 3.05) is 0 Å². The lowest BCUT2D eigenvalue weighted by Crippen LogP contribution is -2.32. The largest absolute Gasteiger partial charge is 0.299 e. The standard InChI is InChI=1S/C22H30O/c1-21(2,3)15-19(20(23)22(4,5)6)14-16-11-12-17-9-7-8-10-18(17)13-16/h7-13,19H,14-15H2,1-6H3. The molecular weight excluding hydrogens is 280 g/mol. The van der Waals surface area contributed by atoms with Crippen LogP contribution in [-0.4, -0.2) is 5.78 Å². The molecule has 0 fully saturated rings. The third kappa shape index (κ3) is 4.92. The van der Waals surface area contributed by atoms with E-state index in [9.17, 15) is 4.79 Å². The summed E-state index contributed by atoms with van der Waals surface area (Å²) in [6, 6.07) is 15.0. The van der Waals surface area contributed by atoms with Gasteiger partial charge in [0.2, 0.25) is 0 Å². The predicted octanol–water partition coefficient (Wildman–Crippen LogP) is 6.05. The Morgan fingerprint density at radius 2 is 1.52 bits per heavy atom. The van der Waals surface area contributed by atoms with Gasteiger partial charge in [-0.15, -0.1) is 0 Å². The lowest BCUT2D eigenvalue weighted by atomic mass is 9.73. The Kier molecular flexibility index (Phi) is 4.98. The van der Waals surface area contributed by atoms with Gasteiger partial charge in [-0.05, 0) is 34.6 Å². The van der Waals surface area contributed by atoms with Gasteiger partial charge in [0.25, 0.3) is 0 Å². The maximum atomic E-state index is 12.9. The van der Waals surface area contributed by atoms with Crippen molar-refractivity contribution in [3.63, 3.8) is 0 Å². The summed E-state index contributed by atoms with van der Waals surface area (Å²) in [6.45, 7) is 12.8. The number of Topliss-reactive ketones (excluding diaryl/α,β-unsaturated/α-hetero) is 1. The molecule has 0 saturated carbocycles. The summed E-state index contributed by atoms with van der Waals surface area (Å²) in [5.41, 5.74) is 1.13. The fraction of sp³-hybridized carbons (Fsp3) is 0.500. The van der Waals surface area contributed by atoms with Gasteiger partial charge in [0.1, 0.15) is 5.78 Å². The molecule has 0 aliphatic heterocycles. The van der Waals surface area contributed by atoms with E-state index in [-0.39, 0.29) is 16.7 Å². The Morgan fingerprint density at radius 1 is 0.913 bits per heavy atom. The predicted molar refractivity (Wildman–Crippen MR) is 99.7 cm³/mol. The lowest BCUT2D eigenvalue weighted by Gasteiger charge is -2.30. The summed E-state index contributed by atoms with van der Waals surface area (Å²) in [5, 5.41) is 2.51. The molecule has 0 heterocycles. The number of ketones is 1. The molecule has 0 bridgehead atoms. The van der Waals surface area contributed by atoms with Crippen LogP contribution >= 0.6 is 0 Å². The molecule has 1 nitrogen and oxygen atoms in total. The van der Waals surface area contributed by atoms with Crippen molar-refractivity contribution in [3.05, 3.63) is 48.0 Å². The van der Waals surface area contributed by atoms with Crippen molar-refractivity contribution >= 4 is 16.6 Å². The minimum absolute atomic E-state index is 0.0798. The summed E-state index contributed by atoms with van der Waals surface area (Å²) in [4.78, 5) is 12.9. The molecule has 2 rings (SSSR count). The molecule has 0 N–H and O–H groups in total. The molecule has 0 aliphatic rings. The second-order valence-corrected chi connectivity index (χ2v) is 8.96. The van der Waals surface area contributed by atoms with E-state index in [0.29, 0.717) is 5.78 Å². The zero-order chi connectivity index (χ0) is 17.3. The zero-order valence-corrected chi connectivity index (χ0v) is 15.4. The quantitative estimate of drug-likeness (QED) is 0.672. The summed E-state index contributed by atoms with van der Waals surface area (Å²) in [7, 11) is 0. The minimum atomic E-state index is -0.285. The molecule has 0 aliphatic carbocycles. The highest BCUT2D eigenvalue weighted by Gasteiger charge is 2.32. The second kappa shape index (κ2) is 6.47. The van der Waals surface area contributed by atoms with Crippen LogP contribution in [0.4, 0.5) is 0 Å². The molecule has 1 heteroatoms. The third-order valence-corrected chi connectivity index (χ3v) is 4.26. The number of rotatable bonds is 4. The van der Waals surface area contributed by atoms with Gasteiger partial charge < -0.3 is 0 Å². The number of carbonyl (C=O) groups is 1. The lowest BCUT2D eigenvalue weighted by molar-refractivity contribution is -0.131. The first-order valence-electron chi connectivity index (χ1n) is 8.58. The van der Waals surface area contributed by atoms with Gasteiger partial charge in [0, 0.05) is 11.3 Å². The van der Waals surface area contributed by atoms with Crippen LogP contribution in [0.1, 0.15) is 53.5 Å². The van der Waals surface area contributed by atoms with Gasteiger partial charge in [0.15, 0.2) is 0 Å². The number of benzene rings is 2. The maximum absolute atomic E-state index is 12.9. The highest BCUT2D eigenvalue weighted by Crippen LogP contribution is 2.32. The van der Waals surface area contributed by atoms with Crippen LogP contribution in [0.15, 0.2) is 42.5 Å². The first-order valence-corrected chi connectivity index (χ1v) is 8.58. The molecule has 0 aromatic heterocycles. The number of carbonyl (C=O) groups excluding carboxylic acids is 1. The normalized spacial score (nSPS) is 14.0. The summed E-state index contributed by atoms with van der Waals surface area (Å²) >= 11 is 0. The van der Waals surface area contributed by atoms with E-state index in [0.717, 1.165) is 12.8 Å². The van der Waals surface area contributed by atoms with Crippen molar-refractivity contribution in [2.24, 2.45) is 16.7 Å². The summed E-state index contributed by atoms with van der Waals surface area (Å²) in [5.74, 6) is 0.455. The number of hydrogen-bond donors (Lipinski definition) is 0. The molecule has 0 spiro atoms. The third-order valence-electron chi connectivity index (χ3n) is 4.26. The Labute approximate surface area is 141 Å². The molecule has 0 saturated heterocycles. The maximum Gasteiger partial charge on any atom is 0.141 e. The number of hydrogen-bond acceptors (Lipinski definition) is 1. The number of fused-ring (bicyclic) bond motifs is 1. The van der Waals surface area contributed by atoms with Crippen LogP contribution in [-0.2, 0) is 11.2 Å². The van der Waals surface area contributed by atoms with Gasteiger partial charge in [-0.3, -0.25) is 4.79 Å². The minimum Gasteiger partial charge on any atom is -0.299 e. The van der Waals surface area contributed by atoms with Crippen molar-refractivity contribution in [2.45, 2.75) is 54.4 Å². The van der Waals surface area contributed by atoms with Crippen molar-refractivity contribution in [1.29, 1.82) is 0 Å². The van der Waals surface area contributed by atoms with E-state index in [1.54, 1.807) is 0 Å². The average molecular weight is 310 g/mol. The van der Waals surface area contributed by atoms with E-state index in [1.165, 1.54) is 16.3 Å². The second-order valence-electron chi connectivity index (χ2n) is 8.96. The Balaban J connectivity index is 2.29. The molecule has 1 atom stereocenters. The zero-order valence-electron chi connectivity index (χ0n) is 15.4. The van der Waals surface area contributed by atoms with Crippen LogP contribution in [0.25, 0.3) is 10.8 Å². The fourth-order valence-corrected chi connectivity index (χ4v) is 3.26. The highest BCUT2D eigenvalue weighted by molar-refractivity contribution is 5.87. The Hall–Kier alpha value is -1.63. The fourth-order valence-electron chi connectivity index (χ4n) is 3.26. The van der Waals surface area contributed by atoms with Gasteiger partial charge in [-0.1, -0.05) is 84.0 Å². The summed E-state index contributed by atoms with van der Waals surface area (Å²) in [6.07, 6.45) is 1.76.